The smallest absolute Gasteiger partial charge is 0.349 e. The maximum absolute atomic E-state index is 11.4. The molecule has 0 radical (unpaired) electrons. The first kappa shape index (κ1) is 10.9. The monoisotopic (exact) mass is 304 g/mol. The Morgan fingerprint density at radius 1 is 1.53 bits per heavy atom. The van der Waals surface area contributed by atoms with Crippen LogP contribution in [0.4, 0.5) is 0 Å². The Kier molecular flexibility index (Phi) is 3.00. The molecule has 2 aromatic rings. The molecule has 0 bridgehead atoms. The summed E-state index contributed by atoms with van der Waals surface area (Å²) in [5.41, 5.74) is 0. The van der Waals surface area contributed by atoms with Crippen molar-refractivity contribution in [3.8, 4) is 0 Å². The third-order valence-corrected chi connectivity index (χ3v) is 4.26. The highest BCUT2D eigenvalue weighted by molar-refractivity contribution is 9.10. The van der Waals surface area contributed by atoms with Crippen LogP contribution in [-0.2, 0) is 4.74 Å². The number of methoxy groups -OCH3 is 1. The third kappa shape index (κ3) is 1.77. The Morgan fingerprint density at radius 3 is 2.87 bits per heavy atom. The molecular formula is C10H6BrClO2S. The number of thiophene rings is 1. The lowest BCUT2D eigenvalue weighted by atomic mass is 10.2. The average molecular weight is 306 g/mol. The minimum absolute atomic E-state index is 0.395. The summed E-state index contributed by atoms with van der Waals surface area (Å²) in [5, 5.41) is 1.32. The van der Waals surface area contributed by atoms with Gasteiger partial charge in [-0.3, -0.25) is 0 Å². The fraction of sp³-hybridized carbons (Fsp3) is 0.100. The molecular weight excluding hydrogens is 300 g/mol. The summed E-state index contributed by atoms with van der Waals surface area (Å²) in [6.07, 6.45) is 0. The van der Waals surface area contributed by atoms with E-state index in [1.165, 1.54) is 18.4 Å². The van der Waals surface area contributed by atoms with Crippen LogP contribution in [0.3, 0.4) is 0 Å². The van der Waals surface area contributed by atoms with Gasteiger partial charge >= 0.3 is 5.97 Å². The van der Waals surface area contributed by atoms with E-state index >= 15 is 0 Å². The molecule has 0 amide bonds. The fourth-order valence-corrected chi connectivity index (χ4v) is 3.60. The zero-order valence-electron chi connectivity index (χ0n) is 7.71. The summed E-state index contributed by atoms with van der Waals surface area (Å²) in [6.45, 7) is 0. The van der Waals surface area contributed by atoms with Crippen LogP contribution in [0.1, 0.15) is 9.67 Å². The number of hydrogen-bond acceptors (Lipinski definition) is 3. The van der Waals surface area contributed by atoms with Gasteiger partial charge in [0.15, 0.2) is 0 Å². The molecule has 1 aromatic heterocycles. The highest BCUT2D eigenvalue weighted by Crippen LogP contribution is 2.39. The van der Waals surface area contributed by atoms with E-state index in [-0.39, 0.29) is 0 Å². The van der Waals surface area contributed by atoms with E-state index in [1.54, 1.807) is 0 Å². The Labute approximate surface area is 104 Å². The lowest BCUT2D eigenvalue weighted by Crippen LogP contribution is -1.97. The van der Waals surface area contributed by atoms with E-state index in [4.69, 9.17) is 11.6 Å². The molecule has 0 N–H and O–H groups in total. The van der Waals surface area contributed by atoms with Crippen LogP contribution in [0.5, 0.6) is 0 Å². The van der Waals surface area contributed by atoms with Gasteiger partial charge in [0.05, 0.1) is 12.1 Å². The van der Waals surface area contributed by atoms with Gasteiger partial charge in [-0.2, -0.15) is 0 Å². The molecule has 0 aliphatic carbocycles. The molecule has 0 unspecified atom stereocenters. The largest absolute Gasteiger partial charge is 0.465 e. The Hall–Kier alpha value is -0.580. The summed E-state index contributed by atoms with van der Waals surface area (Å²) in [5.74, 6) is -0.395. The first-order valence-electron chi connectivity index (χ1n) is 4.10. The number of carbonyl (C=O) groups excluding carboxylic acids is 1. The average Bonchev–Trinajstić information content (AvgIpc) is 2.56. The fourth-order valence-electron chi connectivity index (χ4n) is 1.29. The topological polar surface area (TPSA) is 26.3 Å². The van der Waals surface area contributed by atoms with Crippen LogP contribution in [-0.4, -0.2) is 13.1 Å². The number of esters is 1. The summed E-state index contributed by atoms with van der Waals surface area (Å²) in [7, 11) is 1.35. The Morgan fingerprint density at radius 2 is 2.27 bits per heavy atom. The number of ether oxygens (including phenoxy) is 1. The number of hydrogen-bond donors (Lipinski definition) is 0. The molecule has 1 heterocycles. The maximum atomic E-state index is 11.4. The highest BCUT2D eigenvalue weighted by Gasteiger charge is 2.18. The molecule has 2 nitrogen and oxygen atoms in total. The zero-order chi connectivity index (χ0) is 11.0. The molecule has 0 aliphatic heterocycles. The predicted octanol–water partition coefficient (Wildman–Crippen LogP) is 4.10. The Balaban J connectivity index is 2.75. The molecule has 0 aliphatic rings. The van der Waals surface area contributed by atoms with Gasteiger partial charge in [-0.05, 0) is 12.1 Å². The van der Waals surface area contributed by atoms with E-state index < -0.39 is 5.97 Å². The second-order valence-corrected chi connectivity index (χ2v) is 5.13. The number of carbonyl (C=O) groups is 1. The van der Waals surface area contributed by atoms with Gasteiger partial charge in [-0.1, -0.05) is 33.6 Å². The summed E-state index contributed by atoms with van der Waals surface area (Å²) >= 11 is 10.9. The van der Waals surface area contributed by atoms with Gasteiger partial charge in [-0.15, -0.1) is 11.3 Å². The van der Waals surface area contributed by atoms with Crippen LogP contribution in [0, 0.1) is 0 Å². The number of rotatable bonds is 1. The Bertz CT molecular complexity index is 535. The molecule has 0 fully saturated rings. The summed E-state index contributed by atoms with van der Waals surface area (Å²) in [4.78, 5) is 11.8. The van der Waals surface area contributed by atoms with Crippen LogP contribution >= 0.6 is 38.9 Å². The van der Waals surface area contributed by atoms with Crippen molar-refractivity contribution in [2.75, 3.05) is 7.11 Å². The molecule has 5 heteroatoms. The first-order chi connectivity index (χ1) is 7.15. The maximum Gasteiger partial charge on any atom is 0.349 e. The molecule has 0 atom stereocenters. The zero-order valence-corrected chi connectivity index (χ0v) is 10.9. The van der Waals surface area contributed by atoms with Crippen molar-refractivity contribution >= 4 is 54.9 Å². The van der Waals surface area contributed by atoms with Crippen LogP contribution < -0.4 is 0 Å². The quantitative estimate of drug-likeness (QED) is 0.741. The van der Waals surface area contributed by atoms with Crippen molar-refractivity contribution in [3.63, 3.8) is 0 Å². The van der Waals surface area contributed by atoms with E-state index in [2.05, 4.69) is 20.7 Å². The van der Waals surface area contributed by atoms with E-state index in [0.29, 0.717) is 9.90 Å². The second-order valence-electron chi connectivity index (χ2n) is 2.85. The van der Waals surface area contributed by atoms with Crippen molar-refractivity contribution in [2.24, 2.45) is 0 Å². The predicted molar refractivity (Wildman–Crippen MR) is 65.9 cm³/mol. The van der Waals surface area contributed by atoms with Crippen molar-refractivity contribution in [1.29, 1.82) is 0 Å². The molecule has 0 saturated carbocycles. The lowest BCUT2D eigenvalue weighted by Gasteiger charge is -1.95. The van der Waals surface area contributed by atoms with Crippen molar-refractivity contribution in [2.45, 2.75) is 0 Å². The van der Waals surface area contributed by atoms with E-state index in [9.17, 15) is 4.79 Å². The molecule has 0 saturated heterocycles. The third-order valence-electron chi connectivity index (χ3n) is 1.98. The standard InChI is InChI=1S/C10H6BrClO2S/c1-14-10(13)9-8(12)7-5(11)3-2-4-6(7)15-9/h2-4H,1H3. The molecule has 15 heavy (non-hydrogen) atoms. The second kappa shape index (κ2) is 4.12. The molecule has 1 aromatic carbocycles. The van der Waals surface area contributed by atoms with Crippen LogP contribution in [0.15, 0.2) is 22.7 Å². The van der Waals surface area contributed by atoms with Gasteiger partial charge in [0, 0.05) is 14.6 Å². The lowest BCUT2D eigenvalue weighted by molar-refractivity contribution is 0.0606. The van der Waals surface area contributed by atoms with Gasteiger partial charge in [0.25, 0.3) is 0 Å². The minimum atomic E-state index is -0.395. The molecule has 2 rings (SSSR count). The van der Waals surface area contributed by atoms with E-state index in [1.807, 2.05) is 18.2 Å². The van der Waals surface area contributed by atoms with Crippen molar-refractivity contribution < 1.29 is 9.53 Å². The summed E-state index contributed by atoms with van der Waals surface area (Å²) in [6, 6.07) is 5.71. The van der Waals surface area contributed by atoms with E-state index in [0.717, 1.165) is 14.6 Å². The van der Waals surface area contributed by atoms with Crippen molar-refractivity contribution in [3.05, 3.63) is 32.6 Å². The van der Waals surface area contributed by atoms with Gasteiger partial charge in [-0.25, -0.2) is 4.79 Å². The normalized spacial score (nSPS) is 10.6. The SMILES string of the molecule is COC(=O)c1sc2cccc(Br)c2c1Cl. The van der Waals surface area contributed by atoms with Crippen molar-refractivity contribution in [1.82, 2.24) is 0 Å². The molecule has 78 valence electrons. The number of fused-ring (bicyclic) bond motifs is 1. The highest BCUT2D eigenvalue weighted by atomic mass is 79.9. The minimum Gasteiger partial charge on any atom is -0.465 e. The van der Waals surface area contributed by atoms with Crippen LogP contribution in [0.2, 0.25) is 5.02 Å². The first-order valence-corrected chi connectivity index (χ1v) is 6.08. The number of benzene rings is 1. The van der Waals surface area contributed by atoms with Gasteiger partial charge < -0.3 is 4.74 Å². The van der Waals surface area contributed by atoms with Gasteiger partial charge in [0.1, 0.15) is 4.88 Å². The van der Waals surface area contributed by atoms with Gasteiger partial charge in [0.2, 0.25) is 0 Å². The summed E-state index contributed by atoms with van der Waals surface area (Å²) < 4.78 is 6.51. The van der Waals surface area contributed by atoms with Crippen LogP contribution in [0.25, 0.3) is 10.1 Å². The number of halogens is 2. The molecule has 0 spiro atoms.